The third kappa shape index (κ3) is 7.83. The summed E-state index contributed by atoms with van der Waals surface area (Å²) in [5, 5.41) is 0. The van der Waals surface area contributed by atoms with E-state index in [-0.39, 0.29) is 7.53 Å². The lowest BCUT2D eigenvalue weighted by molar-refractivity contribution is 0.560. The zero-order valence-electron chi connectivity index (χ0n) is 13.4. The van der Waals surface area contributed by atoms with Crippen LogP contribution in [0.3, 0.4) is 0 Å². The van der Waals surface area contributed by atoms with Crippen LogP contribution in [-0.4, -0.2) is 0 Å². The van der Waals surface area contributed by atoms with Crippen LogP contribution in [-0.2, 0) is 6.16 Å². The van der Waals surface area contributed by atoms with Gasteiger partial charge in [-0.05, 0) is 49.2 Å². The first kappa shape index (κ1) is 16.8. The molecule has 1 rings (SSSR count). The zero-order valence-corrected chi connectivity index (χ0v) is 14.3. The van der Waals surface area contributed by atoms with Gasteiger partial charge in [-0.1, -0.05) is 64.7 Å². The van der Waals surface area contributed by atoms with Crippen LogP contribution in [0.25, 0.3) is 0 Å². The van der Waals surface area contributed by atoms with Crippen molar-refractivity contribution in [1.29, 1.82) is 0 Å². The van der Waals surface area contributed by atoms with Gasteiger partial charge in [0.05, 0.1) is 0 Å². The Kier molecular flexibility index (Phi) is 9.35. The molecule has 0 aliphatic heterocycles. The molecule has 0 saturated heterocycles. The van der Waals surface area contributed by atoms with E-state index in [1.54, 1.807) is 0 Å². The maximum atomic E-state index is 2.51. The number of aryl methyl sites for hydroxylation is 3. The van der Waals surface area contributed by atoms with Crippen LogP contribution in [0, 0.1) is 13.8 Å². The molecule has 0 unspecified atom stereocenters. The number of hydrogen-bond acceptors (Lipinski definition) is 0. The van der Waals surface area contributed by atoms with Gasteiger partial charge in [-0.25, -0.2) is 0 Å². The van der Waals surface area contributed by atoms with Crippen LogP contribution in [0.15, 0.2) is 11.6 Å². The smallest absolute Gasteiger partial charge is 0.0141 e. The molecule has 1 heterocycles. The Morgan fingerprint density at radius 1 is 0.684 bits per heavy atom. The minimum Gasteiger partial charge on any atom is -0.124 e. The summed E-state index contributed by atoms with van der Waals surface area (Å²) in [6, 6.07) is 0. The molecular weight excluding hydrogens is 247 g/mol. The highest BCUT2D eigenvalue weighted by Gasteiger charge is 1.99. The highest BCUT2D eigenvalue weighted by Crippen LogP contribution is 2.35. The maximum absolute atomic E-state index is 2.51. The molecule has 0 N–H and O–H groups in total. The summed E-state index contributed by atoms with van der Waals surface area (Å²) in [4.78, 5) is 0. The SMILES string of the molecule is CCCCCCCCCCCCp1cc(C)c(C)c1. The second kappa shape index (κ2) is 10.6. The standard InChI is InChI=1S/C18H33P/c1-4-5-6-7-8-9-10-11-12-13-14-19-15-17(2)18(3)16-19/h15-16H,4-14H2,1-3H3. The molecule has 0 atom stereocenters. The summed E-state index contributed by atoms with van der Waals surface area (Å²) in [6.45, 7) is 6.80. The number of unbranched alkanes of at least 4 members (excludes halogenated alkanes) is 9. The van der Waals surface area contributed by atoms with E-state index in [2.05, 4.69) is 32.4 Å². The van der Waals surface area contributed by atoms with Crippen molar-refractivity contribution in [2.24, 2.45) is 0 Å². The first-order chi connectivity index (χ1) is 9.24. The van der Waals surface area contributed by atoms with Gasteiger partial charge in [0.25, 0.3) is 0 Å². The summed E-state index contributed by atoms with van der Waals surface area (Å²) < 4.78 is 0. The largest absolute Gasteiger partial charge is 0.124 e. The molecule has 0 radical (unpaired) electrons. The first-order valence-corrected chi connectivity index (χ1v) is 10.0. The number of hydrogen-bond donors (Lipinski definition) is 0. The van der Waals surface area contributed by atoms with Crippen LogP contribution in [0.5, 0.6) is 0 Å². The summed E-state index contributed by atoms with van der Waals surface area (Å²) >= 11 is 0. The van der Waals surface area contributed by atoms with Gasteiger partial charge in [0.2, 0.25) is 0 Å². The third-order valence-electron chi connectivity index (χ3n) is 4.11. The van der Waals surface area contributed by atoms with Crippen LogP contribution >= 0.6 is 7.53 Å². The van der Waals surface area contributed by atoms with Crippen LogP contribution in [0.2, 0.25) is 0 Å². The minimum absolute atomic E-state index is 0.118. The van der Waals surface area contributed by atoms with Gasteiger partial charge in [0, 0.05) is 0 Å². The molecule has 0 amide bonds. The van der Waals surface area contributed by atoms with Gasteiger partial charge >= 0.3 is 0 Å². The summed E-state index contributed by atoms with van der Waals surface area (Å²) in [6.07, 6.45) is 15.9. The predicted octanol–water partition coefficient (Wildman–Crippen LogP) is 7.21. The van der Waals surface area contributed by atoms with Crippen molar-refractivity contribution in [1.82, 2.24) is 0 Å². The predicted molar refractivity (Wildman–Crippen MR) is 90.5 cm³/mol. The molecule has 0 saturated carbocycles. The molecule has 1 heteroatoms. The lowest BCUT2D eigenvalue weighted by Crippen LogP contribution is -1.81. The van der Waals surface area contributed by atoms with Gasteiger partial charge in [0.1, 0.15) is 0 Å². The van der Waals surface area contributed by atoms with E-state index < -0.39 is 0 Å². The van der Waals surface area contributed by atoms with Gasteiger partial charge in [-0.3, -0.25) is 0 Å². The first-order valence-electron chi connectivity index (χ1n) is 8.37. The topological polar surface area (TPSA) is 0 Å². The Morgan fingerprint density at radius 3 is 1.58 bits per heavy atom. The van der Waals surface area contributed by atoms with Crippen LogP contribution in [0.1, 0.15) is 82.3 Å². The van der Waals surface area contributed by atoms with Crippen LogP contribution < -0.4 is 0 Å². The van der Waals surface area contributed by atoms with E-state index in [4.69, 9.17) is 0 Å². The Bertz CT molecular complexity index is 305. The van der Waals surface area contributed by atoms with Gasteiger partial charge in [-0.2, -0.15) is 0 Å². The zero-order chi connectivity index (χ0) is 13.9. The lowest BCUT2D eigenvalue weighted by Gasteiger charge is -2.02. The Hall–Kier alpha value is -0.220. The van der Waals surface area contributed by atoms with Gasteiger partial charge < -0.3 is 0 Å². The molecule has 19 heavy (non-hydrogen) atoms. The van der Waals surface area contributed by atoms with Crippen molar-refractivity contribution in [2.45, 2.75) is 91.1 Å². The van der Waals surface area contributed by atoms with Crippen molar-refractivity contribution >= 4 is 7.53 Å². The lowest BCUT2D eigenvalue weighted by atomic mass is 10.1. The minimum atomic E-state index is 0.118. The second-order valence-corrected chi connectivity index (χ2v) is 8.04. The van der Waals surface area contributed by atoms with E-state index >= 15 is 0 Å². The van der Waals surface area contributed by atoms with Crippen molar-refractivity contribution in [3.63, 3.8) is 0 Å². The van der Waals surface area contributed by atoms with Crippen molar-refractivity contribution in [3.8, 4) is 0 Å². The van der Waals surface area contributed by atoms with E-state index in [0.717, 1.165) is 0 Å². The maximum Gasteiger partial charge on any atom is -0.0141 e. The Labute approximate surface area is 122 Å². The molecule has 0 aliphatic rings. The molecular formula is C18H33P. The fourth-order valence-corrected chi connectivity index (χ4v) is 4.97. The Balaban J connectivity index is 1.88. The summed E-state index contributed by atoms with van der Waals surface area (Å²) in [5.41, 5.74) is 3.05. The monoisotopic (exact) mass is 280 g/mol. The highest BCUT2D eigenvalue weighted by molar-refractivity contribution is 7.47. The van der Waals surface area contributed by atoms with E-state index in [9.17, 15) is 0 Å². The van der Waals surface area contributed by atoms with Crippen molar-refractivity contribution < 1.29 is 0 Å². The summed E-state index contributed by atoms with van der Waals surface area (Å²) in [5.74, 6) is 5.02. The van der Waals surface area contributed by atoms with Gasteiger partial charge in [0.15, 0.2) is 0 Å². The molecule has 1 aromatic heterocycles. The molecule has 1 aromatic rings. The average molecular weight is 280 g/mol. The second-order valence-electron chi connectivity index (χ2n) is 6.04. The molecule has 0 spiro atoms. The van der Waals surface area contributed by atoms with Crippen molar-refractivity contribution in [2.75, 3.05) is 0 Å². The highest BCUT2D eigenvalue weighted by atomic mass is 31.1. The summed E-state index contributed by atoms with van der Waals surface area (Å²) in [7, 11) is 0.118. The fraction of sp³-hybridized carbons (Fsp3) is 0.778. The van der Waals surface area contributed by atoms with E-state index in [0.29, 0.717) is 0 Å². The normalized spacial score (nSPS) is 11.1. The van der Waals surface area contributed by atoms with Crippen molar-refractivity contribution in [3.05, 3.63) is 22.7 Å². The molecule has 110 valence electrons. The van der Waals surface area contributed by atoms with E-state index in [1.807, 2.05) is 0 Å². The third-order valence-corrected chi connectivity index (χ3v) is 6.38. The molecule has 0 fully saturated rings. The molecule has 0 aliphatic carbocycles. The van der Waals surface area contributed by atoms with Gasteiger partial charge in [-0.15, -0.1) is 7.53 Å². The quantitative estimate of drug-likeness (QED) is 0.376. The fourth-order valence-electron chi connectivity index (χ4n) is 2.65. The Morgan fingerprint density at radius 2 is 1.11 bits per heavy atom. The average Bonchev–Trinajstić information content (AvgIpc) is 2.71. The van der Waals surface area contributed by atoms with E-state index in [1.165, 1.54) is 81.5 Å². The van der Waals surface area contributed by atoms with Crippen LogP contribution in [0.4, 0.5) is 0 Å². The number of rotatable bonds is 11. The molecule has 0 bridgehead atoms. The molecule has 0 aromatic carbocycles. The molecule has 0 nitrogen and oxygen atoms in total.